The zero-order chi connectivity index (χ0) is 20.2. The SMILES string of the molecule is COc1ccc(-c2nc(C(=O)OCC(=O)N3CCC[C@H]4CCCC[C@H]43)cs2)cc1. The van der Waals surface area contributed by atoms with Crippen molar-refractivity contribution in [2.24, 2.45) is 5.92 Å². The van der Waals surface area contributed by atoms with Gasteiger partial charge in [-0.05, 0) is 55.9 Å². The summed E-state index contributed by atoms with van der Waals surface area (Å²) in [7, 11) is 1.62. The Bertz CT molecular complexity index is 862. The first-order valence-corrected chi connectivity index (χ1v) is 11.1. The number of thiazole rings is 1. The van der Waals surface area contributed by atoms with E-state index in [0.29, 0.717) is 12.0 Å². The van der Waals surface area contributed by atoms with Crippen molar-refractivity contribution in [3.8, 4) is 16.3 Å². The zero-order valence-electron chi connectivity index (χ0n) is 16.6. The van der Waals surface area contributed by atoms with Crippen LogP contribution in [0.2, 0.25) is 0 Å². The highest BCUT2D eigenvalue weighted by molar-refractivity contribution is 7.13. The maximum Gasteiger partial charge on any atom is 0.358 e. The number of nitrogens with zero attached hydrogens (tertiary/aromatic N) is 2. The molecule has 4 rings (SSSR count). The number of esters is 1. The maximum absolute atomic E-state index is 12.7. The molecule has 1 aromatic carbocycles. The first-order valence-electron chi connectivity index (χ1n) is 10.2. The summed E-state index contributed by atoms with van der Waals surface area (Å²) in [6.45, 7) is 0.563. The van der Waals surface area contributed by atoms with E-state index in [9.17, 15) is 9.59 Å². The Morgan fingerprint density at radius 1 is 1.14 bits per heavy atom. The number of aromatic nitrogens is 1. The van der Waals surface area contributed by atoms with Gasteiger partial charge in [0.05, 0.1) is 7.11 Å². The summed E-state index contributed by atoms with van der Waals surface area (Å²) in [4.78, 5) is 31.4. The molecular formula is C22H26N2O4S. The van der Waals surface area contributed by atoms with Gasteiger partial charge in [0, 0.05) is 23.5 Å². The third-order valence-corrected chi connectivity index (χ3v) is 6.83. The molecule has 7 heteroatoms. The fourth-order valence-electron chi connectivity index (χ4n) is 4.45. The second kappa shape index (κ2) is 8.95. The Kier molecular flexibility index (Phi) is 6.13. The molecule has 1 aliphatic heterocycles. The van der Waals surface area contributed by atoms with Gasteiger partial charge in [-0.15, -0.1) is 11.3 Å². The number of methoxy groups -OCH3 is 1. The van der Waals surface area contributed by atoms with Crippen LogP contribution >= 0.6 is 11.3 Å². The second-order valence-electron chi connectivity index (χ2n) is 7.68. The highest BCUT2D eigenvalue weighted by atomic mass is 32.1. The summed E-state index contributed by atoms with van der Waals surface area (Å²) in [5.74, 6) is 0.747. The Labute approximate surface area is 174 Å². The van der Waals surface area contributed by atoms with Gasteiger partial charge in [-0.3, -0.25) is 4.79 Å². The Morgan fingerprint density at radius 3 is 2.69 bits per heavy atom. The topological polar surface area (TPSA) is 68.7 Å². The fraction of sp³-hybridized carbons (Fsp3) is 0.500. The van der Waals surface area contributed by atoms with E-state index in [-0.39, 0.29) is 18.2 Å². The number of hydrogen-bond acceptors (Lipinski definition) is 6. The first kappa shape index (κ1) is 19.9. The Morgan fingerprint density at radius 2 is 1.90 bits per heavy atom. The van der Waals surface area contributed by atoms with Crippen LogP contribution in [-0.2, 0) is 9.53 Å². The highest BCUT2D eigenvalue weighted by Crippen LogP contribution is 2.35. The number of fused-ring (bicyclic) bond motifs is 1. The maximum atomic E-state index is 12.7. The predicted molar refractivity (Wildman–Crippen MR) is 111 cm³/mol. The fourth-order valence-corrected chi connectivity index (χ4v) is 5.25. The summed E-state index contributed by atoms with van der Waals surface area (Å²) in [5.41, 5.74) is 1.14. The van der Waals surface area contributed by atoms with E-state index in [2.05, 4.69) is 4.98 Å². The van der Waals surface area contributed by atoms with Crippen LogP contribution in [0, 0.1) is 5.92 Å². The minimum Gasteiger partial charge on any atom is -0.497 e. The van der Waals surface area contributed by atoms with E-state index in [0.717, 1.165) is 35.7 Å². The minimum atomic E-state index is -0.549. The number of carbonyl (C=O) groups excluding carboxylic acids is 2. The number of piperidine rings is 1. The number of ether oxygens (including phenoxy) is 2. The molecule has 1 aromatic heterocycles. The Hall–Kier alpha value is -2.41. The molecule has 0 unspecified atom stereocenters. The van der Waals surface area contributed by atoms with Crippen LogP contribution in [0.25, 0.3) is 10.6 Å². The number of hydrogen-bond donors (Lipinski definition) is 0. The molecule has 1 saturated heterocycles. The van der Waals surface area contributed by atoms with Gasteiger partial charge in [-0.25, -0.2) is 9.78 Å². The molecule has 0 bridgehead atoms. The number of carbonyl (C=O) groups is 2. The van der Waals surface area contributed by atoms with Gasteiger partial charge in [0.25, 0.3) is 5.91 Å². The third-order valence-electron chi connectivity index (χ3n) is 5.94. The van der Waals surface area contributed by atoms with Crippen LogP contribution in [0.15, 0.2) is 29.6 Å². The zero-order valence-corrected chi connectivity index (χ0v) is 17.5. The standard InChI is InChI=1S/C22H26N2O4S/c1-27-17-10-8-16(9-11-17)21-23-18(14-29-21)22(26)28-13-20(25)24-12-4-6-15-5-2-3-7-19(15)24/h8-11,14-15,19H,2-7,12-13H2,1H3/t15-,19-/m1/s1. The lowest BCUT2D eigenvalue weighted by Crippen LogP contribution is -2.50. The van der Waals surface area contributed by atoms with E-state index in [1.807, 2.05) is 29.2 Å². The van der Waals surface area contributed by atoms with Crippen LogP contribution < -0.4 is 4.74 Å². The number of benzene rings is 1. The lowest BCUT2D eigenvalue weighted by molar-refractivity contribution is -0.140. The molecule has 0 N–H and O–H groups in total. The normalized spacial score (nSPS) is 21.3. The van der Waals surface area contributed by atoms with Crippen molar-refractivity contribution in [1.82, 2.24) is 9.88 Å². The van der Waals surface area contributed by atoms with E-state index in [4.69, 9.17) is 9.47 Å². The molecule has 2 atom stereocenters. The van der Waals surface area contributed by atoms with Crippen molar-refractivity contribution in [2.75, 3.05) is 20.3 Å². The third kappa shape index (κ3) is 4.45. The molecule has 2 aliphatic rings. The molecule has 1 amide bonds. The average molecular weight is 415 g/mol. The molecule has 0 spiro atoms. The molecule has 2 fully saturated rings. The molecular weight excluding hydrogens is 388 g/mol. The van der Waals surface area contributed by atoms with Crippen LogP contribution in [-0.4, -0.2) is 48.1 Å². The number of rotatable bonds is 5. The molecule has 154 valence electrons. The summed E-state index contributed by atoms with van der Waals surface area (Å²) in [6.07, 6.45) is 6.97. The summed E-state index contributed by atoms with van der Waals surface area (Å²) < 4.78 is 10.5. The van der Waals surface area contributed by atoms with Crippen molar-refractivity contribution < 1.29 is 19.1 Å². The summed E-state index contributed by atoms with van der Waals surface area (Å²) in [6, 6.07) is 7.82. The quantitative estimate of drug-likeness (QED) is 0.688. The largest absolute Gasteiger partial charge is 0.497 e. The summed E-state index contributed by atoms with van der Waals surface area (Å²) >= 11 is 1.37. The lowest BCUT2D eigenvalue weighted by atomic mass is 9.78. The van der Waals surface area contributed by atoms with Crippen LogP contribution in [0.4, 0.5) is 0 Å². The molecule has 2 heterocycles. The lowest BCUT2D eigenvalue weighted by Gasteiger charge is -2.44. The van der Waals surface area contributed by atoms with Crippen molar-refractivity contribution in [3.63, 3.8) is 0 Å². The molecule has 0 radical (unpaired) electrons. The van der Waals surface area contributed by atoms with Crippen molar-refractivity contribution in [1.29, 1.82) is 0 Å². The van der Waals surface area contributed by atoms with Gasteiger partial charge < -0.3 is 14.4 Å². The monoisotopic (exact) mass is 414 g/mol. The van der Waals surface area contributed by atoms with Crippen LogP contribution in [0.1, 0.15) is 49.0 Å². The first-order chi connectivity index (χ1) is 14.2. The van der Waals surface area contributed by atoms with Crippen molar-refractivity contribution in [3.05, 3.63) is 35.3 Å². The highest BCUT2D eigenvalue weighted by Gasteiger charge is 2.35. The molecule has 1 saturated carbocycles. The average Bonchev–Trinajstić information content (AvgIpc) is 3.27. The summed E-state index contributed by atoms with van der Waals surface area (Å²) in [5, 5.41) is 2.40. The van der Waals surface area contributed by atoms with Gasteiger partial charge in [0.1, 0.15) is 10.8 Å². The second-order valence-corrected chi connectivity index (χ2v) is 8.54. The molecule has 6 nitrogen and oxygen atoms in total. The van der Waals surface area contributed by atoms with Gasteiger partial charge in [0.15, 0.2) is 12.3 Å². The van der Waals surface area contributed by atoms with E-state index in [1.54, 1.807) is 12.5 Å². The van der Waals surface area contributed by atoms with E-state index < -0.39 is 5.97 Å². The number of amides is 1. The van der Waals surface area contributed by atoms with Crippen molar-refractivity contribution in [2.45, 2.75) is 44.6 Å². The van der Waals surface area contributed by atoms with Gasteiger partial charge in [0.2, 0.25) is 0 Å². The van der Waals surface area contributed by atoms with Gasteiger partial charge in [-0.1, -0.05) is 12.8 Å². The van der Waals surface area contributed by atoms with E-state index in [1.165, 1.54) is 37.0 Å². The van der Waals surface area contributed by atoms with E-state index >= 15 is 0 Å². The molecule has 29 heavy (non-hydrogen) atoms. The Balaban J connectivity index is 1.34. The van der Waals surface area contributed by atoms with Gasteiger partial charge in [-0.2, -0.15) is 0 Å². The van der Waals surface area contributed by atoms with Crippen LogP contribution in [0.5, 0.6) is 5.75 Å². The molecule has 1 aliphatic carbocycles. The molecule has 2 aromatic rings. The predicted octanol–water partition coefficient (Wildman–Crippen LogP) is 4.16. The smallest absolute Gasteiger partial charge is 0.358 e. The minimum absolute atomic E-state index is 0.0828. The van der Waals surface area contributed by atoms with Gasteiger partial charge >= 0.3 is 5.97 Å². The van der Waals surface area contributed by atoms with Crippen LogP contribution in [0.3, 0.4) is 0 Å². The number of likely N-dealkylation sites (tertiary alicyclic amines) is 1. The van der Waals surface area contributed by atoms with Crippen molar-refractivity contribution >= 4 is 23.2 Å².